The lowest BCUT2D eigenvalue weighted by Gasteiger charge is -2.25. The van der Waals surface area contributed by atoms with Gasteiger partial charge in [-0.25, -0.2) is 4.39 Å². The minimum Gasteiger partial charge on any atom is -0.293 e. The van der Waals surface area contributed by atoms with Crippen molar-refractivity contribution in [1.29, 1.82) is 0 Å². The van der Waals surface area contributed by atoms with Gasteiger partial charge in [0.25, 0.3) is 0 Å². The third kappa shape index (κ3) is 3.69. The lowest BCUT2D eigenvalue weighted by molar-refractivity contribution is 0.0921. The second-order valence-corrected chi connectivity index (χ2v) is 5.42. The molecule has 0 heterocycles. The second-order valence-electron chi connectivity index (χ2n) is 5.02. The van der Waals surface area contributed by atoms with E-state index in [1.165, 1.54) is 12.1 Å². The fraction of sp³-hybridized carbons (Fsp3) is 0.235. The van der Waals surface area contributed by atoms with Gasteiger partial charge >= 0.3 is 0 Å². The Hall–Kier alpha value is -1.71. The summed E-state index contributed by atoms with van der Waals surface area (Å²) >= 11 is 6.17. The van der Waals surface area contributed by atoms with Crippen molar-refractivity contribution in [2.75, 3.05) is 13.6 Å². The topological polar surface area (TPSA) is 20.3 Å². The monoisotopic (exact) mass is 305 g/mol. The Kier molecular flexibility index (Phi) is 5.10. The molecule has 0 aliphatic heterocycles. The van der Waals surface area contributed by atoms with E-state index in [2.05, 4.69) is 0 Å². The highest BCUT2D eigenvalue weighted by Crippen LogP contribution is 2.26. The van der Waals surface area contributed by atoms with Crippen molar-refractivity contribution in [2.24, 2.45) is 0 Å². The van der Waals surface area contributed by atoms with Gasteiger partial charge in [-0.2, -0.15) is 0 Å². The van der Waals surface area contributed by atoms with Gasteiger partial charge in [-0.15, -0.1) is 0 Å². The van der Waals surface area contributed by atoms with Gasteiger partial charge in [-0.3, -0.25) is 9.69 Å². The van der Waals surface area contributed by atoms with Crippen LogP contribution in [0.25, 0.3) is 0 Å². The second kappa shape index (κ2) is 6.83. The number of nitrogens with zero attached hydrogens (tertiary/aromatic N) is 1. The molecule has 0 N–H and O–H groups in total. The van der Waals surface area contributed by atoms with E-state index in [1.807, 2.05) is 43.1 Å². The molecule has 0 fully saturated rings. The molecule has 0 saturated heterocycles. The lowest BCUT2D eigenvalue weighted by atomic mass is 10.1. The summed E-state index contributed by atoms with van der Waals surface area (Å²) in [5.41, 5.74) is 1.07. The largest absolute Gasteiger partial charge is 0.293 e. The van der Waals surface area contributed by atoms with E-state index in [4.69, 9.17) is 11.6 Å². The maximum Gasteiger partial charge on any atom is 0.179 e. The van der Waals surface area contributed by atoms with Gasteiger partial charge in [0.15, 0.2) is 5.78 Å². The number of rotatable bonds is 5. The van der Waals surface area contributed by atoms with Crippen LogP contribution in [0, 0.1) is 5.82 Å². The summed E-state index contributed by atoms with van der Waals surface area (Å²) in [5, 5.41) is 0.662. The molecule has 0 spiro atoms. The molecule has 0 saturated carbocycles. The Bertz CT molecular complexity index is 644. The van der Waals surface area contributed by atoms with Crippen LogP contribution in [-0.2, 0) is 0 Å². The Morgan fingerprint density at radius 2 is 1.81 bits per heavy atom. The van der Waals surface area contributed by atoms with E-state index in [1.54, 1.807) is 12.1 Å². The molecule has 0 aliphatic carbocycles. The van der Waals surface area contributed by atoms with E-state index in [9.17, 15) is 9.18 Å². The predicted octanol–water partition coefficient (Wildman–Crippen LogP) is 4.35. The van der Waals surface area contributed by atoms with E-state index >= 15 is 0 Å². The first kappa shape index (κ1) is 15.7. The van der Waals surface area contributed by atoms with E-state index in [-0.39, 0.29) is 23.9 Å². The standard InChI is InChI=1S/C17H17ClFNO/c1-12(13-7-3-5-9-15(13)18)20(2)11-17(21)14-8-4-6-10-16(14)19/h3-10,12H,11H2,1-2H3. The van der Waals surface area contributed by atoms with Crippen molar-refractivity contribution in [3.05, 3.63) is 70.5 Å². The average Bonchev–Trinajstić information content (AvgIpc) is 2.47. The number of Topliss-reactive ketones (excluding diaryl/α,β-unsaturated/α-hetero) is 1. The third-order valence-corrected chi connectivity index (χ3v) is 3.93. The highest BCUT2D eigenvalue weighted by Gasteiger charge is 2.19. The first-order valence-corrected chi connectivity index (χ1v) is 7.11. The molecule has 0 radical (unpaired) electrons. The van der Waals surface area contributed by atoms with Crippen LogP contribution in [0.15, 0.2) is 48.5 Å². The Morgan fingerprint density at radius 3 is 2.48 bits per heavy atom. The molecule has 2 rings (SSSR count). The number of hydrogen-bond donors (Lipinski definition) is 0. The van der Waals surface area contributed by atoms with E-state index in [0.717, 1.165) is 5.56 Å². The molecule has 4 heteroatoms. The molecular formula is C17H17ClFNO. The van der Waals surface area contributed by atoms with Crippen molar-refractivity contribution in [2.45, 2.75) is 13.0 Å². The number of benzene rings is 2. The summed E-state index contributed by atoms with van der Waals surface area (Å²) in [6.45, 7) is 2.10. The van der Waals surface area contributed by atoms with Crippen molar-refractivity contribution in [1.82, 2.24) is 4.90 Å². The minimum atomic E-state index is -0.485. The van der Waals surface area contributed by atoms with Gasteiger partial charge < -0.3 is 0 Å². The first-order valence-electron chi connectivity index (χ1n) is 6.73. The van der Waals surface area contributed by atoms with E-state index < -0.39 is 5.82 Å². The van der Waals surface area contributed by atoms with Crippen molar-refractivity contribution in [3.63, 3.8) is 0 Å². The molecule has 1 unspecified atom stereocenters. The zero-order valence-electron chi connectivity index (χ0n) is 12.0. The average molecular weight is 306 g/mol. The summed E-state index contributed by atoms with van der Waals surface area (Å²) in [5.74, 6) is -0.726. The molecule has 2 aromatic rings. The highest BCUT2D eigenvalue weighted by molar-refractivity contribution is 6.31. The zero-order chi connectivity index (χ0) is 15.4. The molecule has 0 amide bonds. The van der Waals surface area contributed by atoms with Gasteiger partial charge in [0.1, 0.15) is 5.82 Å². The quantitative estimate of drug-likeness (QED) is 0.765. The smallest absolute Gasteiger partial charge is 0.179 e. The maximum absolute atomic E-state index is 13.6. The van der Waals surface area contributed by atoms with Crippen molar-refractivity contribution < 1.29 is 9.18 Å². The Labute approximate surface area is 129 Å². The van der Waals surface area contributed by atoms with Crippen LogP contribution in [0.4, 0.5) is 4.39 Å². The third-order valence-electron chi connectivity index (χ3n) is 3.58. The molecule has 21 heavy (non-hydrogen) atoms. The Balaban J connectivity index is 2.11. The lowest BCUT2D eigenvalue weighted by Crippen LogP contribution is -2.29. The minimum absolute atomic E-state index is 0.0329. The zero-order valence-corrected chi connectivity index (χ0v) is 12.8. The van der Waals surface area contributed by atoms with Gasteiger partial charge in [0.2, 0.25) is 0 Å². The van der Waals surface area contributed by atoms with Gasteiger partial charge in [0.05, 0.1) is 12.1 Å². The molecule has 0 aromatic heterocycles. The predicted molar refractivity (Wildman–Crippen MR) is 83.2 cm³/mol. The number of carbonyl (C=O) groups is 1. The summed E-state index contributed by atoms with van der Waals surface area (Å²) in [4.78, 5) is 14.0. The number of carbonyl (C=O) groups excluding carboxylic acids is 1. The number of likely N-dealkylation sites (N-methyl/N-ethyl adjacent to an activating group) is 1. The SMILES string of the molecule is CC(c1ccccc1Cl)N(C)CC(=O)c1ccccc1F. The molecule has 110 valence electrons. The van der Waals surface area contributed by atoms with Gasteiger partial charge in [-0.1, -0.05) is 41.9 Å². The van der Waals surface area contributed by atoms with Gasteiger partial charge in [0, 0.05) is 11.1 Å². The molecule has 1 atom stereocenters. The van der Waals surface area contributed by atoms with Gasteiger partial charge in [-0.05, 0) is 37.7 Å². The van der Waals surface area contributed by atoms with Crippen LogP contribution in [-0.4, -0.2) is 24.3 Å². The Morgan fingerprint density at radius 1 is 1.19 bits per heavy atom. The van der Waals surface area contributed by atoms with Crippen LogP contribution >= 0.6 is 11.6 Å². The van der Waals surface area contributed by atoms with Crippen molar-refractivity contribution >= 4 is 17.4 Å². The van der Waals surface area contributed by atoms with Crippen LogP contribution in [0.2, 0.25) is 5.02 Å². The normalized spacial score (nSPS) is 12.4. The van der Waals surface area contributed by atoms with Crippen LogP contribution in [0.5, 0.6) is 0 Å². The van der Waals surface area contributed by atoms with Crippen LogP contribution in [0.1, 0.15) is 28.9 Å². The molecule has 0 aliphatic rings. The number of ketones is 1. The molecular weight excluding hydrogens is 289 g/mol. The fourth-order valence-corrected chi connectivity index (χ4v) is 2.48. The number of hydrogen-bond acceptors (Lipinski definition) is 2. The molecule has 2 aromatic carbocycles. The maximum atomic E-state index is 13.6. The number of halogens is 2. The summed E-state index contributed by atoms with van der Waals surface area (Å²) in [6.07, 6.45) is 0. The summed E-state index contributed by atoms with van der Waals surface area (Å²) in [6, 6.07) is 13.5. The fourth-order valence-electron chi connectivity index (χ4n) is 2.19. The molecule has 0 bridgehead atoms. The first-order chi connectivity index (χ1) is 10.0. The highest BCUT2D eigenvalue weighted by atomic mass is 35.5. The van der Waals surface area contributed by atoms with Crippen LogP contribution in [0.3, 0.4) is 0 Å². The summed E-state index contributed by atoms with van der Waals surface area (Å²) in [7, 11) is 1.83. The van der Waals surface area contributed by atoms with Crippen molar-refractivity contribution in [3.8, 4) is 0 Å². The molecule has 2 nitrogen and oxygen atoms in total. The summed E-state index contributed by atoms with van der Waals surface area (Å²) < 4.78 is 13.6. The van der Waals surface area contributed by atoms with E-state index in [0.29, 0.717) is 5.02 Å². The van der Waals surface area contributed by atoms with Crippen LogP contribution < -0.4 is 0 Å².